The molecule has 0 amide bonds. The molecule has 7 aromatic carbocycles. The Bertz CT molecular complexity index is 3470. The Kier molecular flexibility index (Phi) is 11.3. The summed E-state index contributed by atoms with van der Waals surface area (Å²) in [6.07, 6.45) is 8.02. The third-order valence-corrected chi connectivity index (χ3v) is 14.1. The lowest BCUT2D eigenvalue weighted by Crippen LogP contribution is -2.39. The smallest absolute Gasteiger partial charge is 0.269 e. The minimum Gasteiger partial charge on any atom is -0.458 e. The number of nitrogens with zero attached hydrogens (tertiary/aromatic N) is 4. The fraction of sp³-hybridized carbons (Fsp3) is 0.219. The van der Waals surface area contributed by atoms with Crippen LogP contribution in [0, 0.1) is 6.33 Å². The van der Waals surface area contributed by atoms with Gasteiger partial charge in [-0.05, 0) is 110 Å². The first-order chi connectivity index (χ1) is 32.9. The first-order valence-electron chi connectivity index (χ1n) is 24.2. The van der Waals surface area contributed by atoms with Crippen LogP contribution in [0.5, 0.6) is 11.5 Å². The van der Waals surface area contributed by atoms with Gasteiger partial charge >= 0.3 is 0 Å². The van der Waals surface area contributed by atoms with Gasteiger partial charge in [0, 0.05) is 40.1 Å². The number of rotatable bonds is 10. The van der Waals surface area contributed by atoms with Gasteiger partial charge in [0.25, 0.3) is 6.33 Å². The van der Waals surface area contributed by atoms with E-state index in [4.69, 9.17) is 9.72 Å². The molecule has 0 bridgehead atoms. The molecule has 3 aromatic heterocycles. The third-order valence-electron chi connectivity index (χ3n) is 14.1. The monoisotopic (exact) mass is 902 g/mol. The van der Waals surface area contributed by atoms with Gasteiger partial charge in [-0.25, -0.2) is 4.98 Å². The molecular weight excluding hydrogens is 841 g/mol. The molecule has 0 spiro atoms. The lowest BCUT2D eigenvalue weighted by molar-refractivity contribution is -0.611. The van der Waals surface area contributed by atoms with E-state index in [0.29, 0.717) is 0 Å². The van der Waals surface area contributed by atoms with Crippen molar-refractivity contribution in [3.05, 3.63) is 234 Å². The van der Waals surface area contributed by atoms with E-state index in [1.54, 1.807) is 0 Å². The maximum atomic E-state index is 7.00. The fourth-order valence-electron chi connectivity index (χ4n) is 9.71. The number of hydrogen-bond donors (Lipinski definition) is 0. The van der Waals surface area contributed by atoms with Crippen molar-refractivity contribution in [1.82, 2.24) is 14.1 Å². The molecule has 69 heavy (non-hydrogen) atoms. The van der Waals surface area contributed by atoms with E-state index >= 15 is 0 Å². The van der Waals surface area contributed by atoms with E-state index in [2.05, 4.69) is 277 Å². The minimum atomic E-state index is -0.226. The van der Waals surface area contributed by atoms with Gasteiger partial charge in [-0.3, -0.25) is 13.7 Å². The highest BCUT2D eigenvalue weighted by Gasteiger charge is 2.29. The van der Waals surface area contributed by atoms with E-state index in [-0.39, 0.29) is 21.7 Å². The maximum Gasteiger partial charge on any atom is 0.269 e. The van der Waals surface area contributed by atoms with Crippen molar-refractivity contribution < 1.29 is 9.30 Å². The van der Waals surface area contributed by atoms with Crippen LogP contribution in [0.1, 0.15) is 103 Å². The van der Waals surface area contributed by atoms with Crippen molar-refractivity contribution in [2.45, 2.75) is 90.9 Å². The standard InChI is InChI=1S/C64H62N4O/c1-61(2,3)49-36-50(64(9,10)47-26-18-13-19-27-47)38-52(37-49)67-43-66(42-59(67)62(4,5)6)51-34-45(44-22-14-11-15-23-44)35-54(40-51)69-53-30-31-56-55-28-20-21-29-57(55)68(58(56)41-53)60-39-48(32-33-65-60)63(7,8)46-24-16-12-17-25-46/h11-42H,1-10H3. The van der Waals surface area contributed by atoms with Crippen molar-refractivity contribution in [3.8, 4) is 39.8 Å². The van der Waals surface area contributed by atoms with E-state index < -0.39 is 0 Å². The number of imidazole rings is 1. The Morgan fingerprint density at radius 2 is 1.07 bits per heavy atom. The number of para-hydroxylation sites is 1. The molecule has 3 heterocycles. The first kappa shape index (κ1) is 45.3. The zero-order valence-corrected chi connectivity index (χ0v) is 41.7. The highest BCUT2D eigenvalue weighted by Crippen LogP contribution is 2.40. The van der Waals surface area contributed by atoms with Gasteiger partial charge in [-0.1, -0.05) is 184 Å². The lowest BCUT2D eigenvalue weighted by atomic mass is 9.75. The summed E-state index contributed by atoms with van der Waals surface area (Å²) in [5.74, 6) is 2.33. The Labute approximate surface area is 408 Å². The minimum absolute atomic E-state index is 0.0734. The Hall–Kier alpha value is -7.50. The lowest BCUT2D eigenvalue weighted by Gasteiger charge is -2.30. The summed E-state index contributed by atoms with van der Waals surface area (Å²) in [6.45, 7) is 22.9. The quantitative estimate of drug-likeness (QED) is 0.101. The van der Waals surface area contributed by atoms with Gasteiger partial charge in [0.05, 0.1) is 28.1 Å². The van der Waals surface area contributed by atoms with Crippen LogP contribution in [-0.4, -0.2) is 14.1 Å². The molecule has 0 aliphatic heterocycles. The first-order valence-corrected chi connectivity index (χ1v) is 24.2. The van der Waals surface area contributed by atoms with Crippen molar-refractivity contribution in [3.63, 3.8) is 0 Å². The van der Waals surface area contributed by atoms with Crippen molar-refractivity contribution in [1.29, 1.82) is 0 Å². The molecule has 0 saturated heterocycles. The van der Waals surface area contributed by atoms with Crippen LogP contribution in [0.3, 0.4) is 0 Å². The number of ether oxygens (including phenoxy) is 1. The predicted molar refractivity (Wildman–Crippen MR) is 285 cm³/mol. The van der Waals surface area contributed by atoms with Crippen LogP contribution < -0.4 is 9.30 Å². The number of benzene rings is 7. The van der Waals surface area contributed by atoms with Crippen molar-refractivity contribution in [2.75, 3.05) is 0 Å². The van der Waals surface area contributed by atoms with E-state index in [1.165, 1.54) is 27.8 Å². The van der Waals surface area contributed by atoms with Crippen LogP contribution in [0.25, 0.3) is 50.1 Å². The van der Waals surface area contributed by atoms with Crippen LogP contribution in [-0.2, 0) is 21.7 Å². The Morgan fingerprint density at radius 3 is 1.74 bits per heavy atom. The summed E-state index contributed by atoms with van der Waals surface area (Å²) in [4.78, 5) is 5.00. The second-order valence-electron chi connectivity index (χ2n) is 21.7. The van der Waals surface area contributed by atoms with Gasteiger partial charge in [0.2, 0.25) is 0 Å². The molecule has 0 unspecified atom stereocenters. The number of fused-ring (bicyclic) bond motifs is 3. The molecule has 10 rings (SSSR count). The molecule has 344 valence electrons. The van der Waals surface area contributed by atoms with Gasteiger partial charge in [0.15, 0.2) is 0 Å². The topological polar surface area (TPSA) is 35.9 Å². The van der Waals surface area contributed by atoms with E-state index in [0.717, 1.165) is 67.3 Å². The summed E-state index contributed by atoms with van der Waals surface area (Å²) in [5.41, 5.74) is 13.0. The number of aromatic nitrogens is 4. The molecule has 0 saturated carbocycles. The summed E-state index contributed by atoms with van der Waals surface area (Å²) >= 11 is 0. The van der Waals surface area contributed by atoms with Crippen molar-refractivity contribution in [2.24, 2.45) is 0 Å². The average molecular weight is 903 g/mol. The molecule has 0 N–H and O–H groups in total. The maximum absolute atomic E-state index is 7.00. The largest absolute Gasteiger partial charge is 0.458 e. The predicted octanol–water partition coefficient (Wildman–Crippen LogP) is 15.8. The second-order valence-corrected chi connectivity index (χ2v) is 21.7. The summed E-state index contributed by atoms with van der Waals surface area (Å²) in [6, 6.07) is 65.1. The summed E-state index contributed by atoms with van der Waals surface area (Å²) < 4.78 is 13.7. The highest BCUT2D eigenvalue weighted by atomic mass is 16.5. The third kappa shape index (κ3) is 8.67. The summed E-state index contributed by atoms with van der Waals surface area (Å²) in [7, 11) is 0. The molecule has 0 atom stereocenters. The van der Waals surface area contributed by atoms with Crippen LogP contribution in [0.15, 0.2) is 194 Å². The summed E-state index contributed by atoms with van der Waals surface area (Å²) in [5, 5.41) is 2.30. The van der Waals surface area contributed by atoms with Gasteiger partial charge < -0.3 is 4.74 Å². The molecule has 0 fully saturated rings. The van der Waals surface area contributed by atoms with Gasteiger partial charge in [-0.15, -0.1) is 0 Å². The molecule has 0 aliphatic carbocycles. The van der Waals surface area contributed by atoms with Gasteiger partial charge in [0.1, 0.15) is 17.3 Å². The fourth-order valence-corrected chi connectivity index (χ4v) is 9.71. The number of hydrogen-bond acceptors (Lipinski definition) is 2. The second kappa shape index (κ2) is 17.2. The zero-order valence-electron chi connectivity index (χ0n) is 41.7. The highest BCUT2D eigenvalue weighted by molar-refractivity contribution is 6.09. The Balaban J connectivity index is 1.10. The SMILES string of the molecule is CC(C)(C)c1cc(-[n+]2[c-]n(-c3cc(Oc4ccc5c6ccccc6n(-c6cc(C(C)(C)c7ccccc7)ccn6)c5c4)cc(-c4ccccc4)c3)cc2C(C)(C)C)cc(C(C)(C)c2ccccc2)c1. The molecule has 5 nitrogen and oxygen atoms in total. The average Bonchev–Trinajstić information content (AvgIpc) is 3.96. The zero-order chi connectivity index (χ0) is 48.3. The molecule has 0 aliphatic rings. The molecule has 0 radical (unpaired) electrons. The van der Waals surface area contributed by atoms with Crippen LogP contribution in [0.2, 0.25) is 0 Å². The van der Waals surface area contributed by atoms with Gasteiger partial charge in [-0.2, -0.15) is 0 Å². The molecule has 5 heteroatoms. The van der Waals surface area contributed by atoms with Crippen molar-refractivity contribution >= 4 is 21.8 Å². The van der Waals surface area contributed by atoms with E-state index in [1.807, 2.05) is 6.20 Å². The van der Waals surface area contributed by atoms with Crippen LogP contribution in [0.4, 0.5) is 0 Å². The molecular formula is C64H62N4O. The normalized spacial score (nSPS) is 12.5. The Morgan fingerprint density at radius 1 is 0.464 bits per heavy atom. The number of pyridine rings is 1. The van der Waals surface area contributed by atoms with Crippen LogP contribution >= 0.6 is 0 Å². The molecule has 10 aromatic rings. The van der Waals surface area contributed by atoms with E-state index in [9.17, 15) is 0 Å².